The van der Waals surface area contributed by atoms with Crippen molar-refractivity contribution >= 4 is 11.7 Å². The number of hydrogen-bond donors (Lipinski definition) is 2. The Balaban J connectivity index is 1.59. The number of urea groups is 1. The molecule has 1 saturated carbocycles. The Labute approximate surface area is 180 Å². The molecule has 1 fully saturated rings. The number of methoxy groups -OCH3 is 1. The van der Waals surface area contributed by atoms with Crippen LogP contribution in [0.5, 0.6) is 11.6 Å². The van der Waals surface area contributed by atoms with Gasteiger partial charge in [0.1, 0.15) is 18.0 Å². The van der Waals surface area contributed by atoms with E-state index in [4.69, 9.17) is 21.2 Å². The van der Waals surface area contributed by atoms with Gasteiger partial charge in [0, 0.05) is 24.9 Å². The first kappa shape index (κ1) is 20.7. The molecule has 0 bridgehead atoms. The molecule has 0 unspecified atom stereocenters. The minimum Gasteiger partial charge on any atom is -0.494 e. The summed E-state index contributed by atoms with van der Waals surface area (Å²) in [6, 6.07) is 14.6. The summed E-state index contributed by atoms with van der Waals surface area (Å²) in [4.78, 5) is 12.3. The molecule has 31 heavy (non-hydrogen) atoms. The molecule has 162 valence electrons. The van der Waals surface area contributed by atoms with E-state index in [0.717, 1.165) is 39.7 Å². The van der Waals surface area contributed by atoms with Gasteiger partial charge in [-0.05, 0) is 42.5 Å². The summed E-state index contributed by atoms with van der Waals surface area (Å²) in [5.41, 5.74) is 3.36. The molecule has 4 N–H and O–H groups in total. The number of para-hydroxylation sites is 2. The Kier molecular flexibility index (Phi) is 5.79. The lowest BCUT2D eigenvalue weighted by Crippen LogP contribution is -2.49. The Morgan fingerprint density at radius 1 is 1.16 bits per heavy atom. The molecule has 0 aliphatic heterocycles. The first-order valence-electron chi connectivity index (χ1n) is 10.0. The SMILES string of the molecule is COc1ccccc1-n1ccc(OCc2c(C3CC3)cccc2N(N)C(=O)N(C)N)n1. The standard InChI is InChI=1S/C22H26N6O3/c1-26(23)22(29)28(24)18-8-5-6-16(15-10-11-15)17(18)14-31-21-12-13-27(25-21)19-7-3-4-9-20(19)30-2/h3-9,12-13,15H,10-11,14,23-24H2,1-2H3. The lowest BCUT2D eigenvalue weighted by Gasteiger charge is -2.24. The average Bonchev–Trinajstić information content (AvgIpc) is 3.53. The predicted molar refractivity (Wildman–Crippen MR) is 117 cm³/mol. The van der Waals surface area contributed by atoms with Gasteiger partial charge in [-0.15, -0.1) is 5.10 Å². The number of anilines is 1. The Morgan fingerprint density at radius 2 is 1.94 bits per heavy atom. The van der Waals surface area contributed by atoms with Crippen LogP contribution in [0.3, 0.4) is 0 Å². The third-order valence-corrected chi connectivity index (χ3v) is 5.23. The van der Waals surface area contributed by atoms with Crippen molar-refractivity contribution in [3.8, 4) is 17.3 Å². The lowest BCUT2D eigenvalue weighted by atomic mass is 10.0. The molecule has 9 nitrogen and oxygen atoms in total. The van der Waals surface area contributed by atoms with Crippen LogP contribution < -0.4 is 26.2 Å². The van der Waals surface area contributed by atoms with Crippen LogP contribution in [0.4, 0.5) is 10.5 Å². The van der Waals surface area contributed by atoms with E-state index in [2.05, 4.69) is 11.2 Å². The molecule has 0 spiro atoms. The van der Waals surface area contributed by atoms with Crippen molar-refractivity contribution < 1.29 is 14.3 Å². The molecular weight excluding hydrogens is 396 g/mol. The van der Waals surface area contributed by atoms with Gasteiger partial charge in [0.05, 0.1) is 12.8 Å². The first-order valence-corrected chi connectivity index (χ1v) is 10.0. The summed E-state index contributed by atoms with van der Waals surface area (Å²) in [6.45, 7) is 0.222. The van der Waals surface area contributed by atoms with Crippen LogP contribution in [-0.4, -0.2) is 35.0 Å². The summed E-state index contributed by atoms with van der Waals surface area (Å²) in [6.07, 6.45) is 4.02. The Hall–Kier alpha value is -3.56. The largest absolute Gasteiger partial charge is 0.494 e. The molecule has 0 saturated heterocycles. The van der Waals surface area contributed by atoms with Crippen molar-refractivity contribution in [3.63, 3.8) is 0 Å². The molecule has 0 radical (unpaired) electrons. The van der Waals surface area contributed by atoms with E-state index in [9.17, 15) is 4.79 Å². The maximum absolute atomic E-state index is 12.3. The smallest absolute Gasteiger partial charge is 0.352 e. The maximum Gasteiger partial charge on any atom is 0.352 e. The number of carbonyl (C=O) groups is 1. The van der Waals surface area contributed by atoms with Gasteiger partial charge >= 0.3 is 6.03 Å². The van der Waals surface area contributed by atoms with Crippen molar-refractivity contribution in [1.29, 1.82) is 0 Å². The van der Waals surface area contributed by atoms with Crippen LogP contribution in [0.2, 0.25) is 0 Å². The van der Waals surface area contributed by atoms with E-state index in [-0.39, 0.29) is 6.61 Å². The number of nitrogens with two attached hydrogens (primary N) is 2. The highest BCUT2D eigenvalue weighted by Crippen LogP contribution is 2.43. The maximum atomic E-state index is 12.3. The highest BCUT2D eigenvalue weighted by Gasteiger charge is 2.29. The monoisotopic (exact) mass is 422 g/mol. The summed E-state index contributed by atoms with van der Waals surface area (Å²) in [5, 5.41) is 6.51. The zero-order valence-corrected chi connectivity index (χ0v) is 17.6. The van der Waals surface area contributed by atoms with E-state index in [1.165, 1.54) is 7.05 Å². The summed E-state index contributed by atoms with van der Waals surface area (Å²) < 4.78 is 13.1. The second kappa shape index (κ2) is 8.66. The van der Waals surface area contributed by atoms with Gasteiger partial charge in [0.25, 0.3) is 0 Å². The quantitative estimate of drug-likeness (QED) is 0.344. The second-order valence-corrected chi connectivity index (χ2v) is 7.44. The van der Waals surface area contributed by atoms with Crippen LogP contribution in [0.25, 0.3) is 5.69 Å². The van der Waals surface area contributed by atoms with Crippen LogP contribution in [0.15, 0.2) is 54.7 Å². The van der Waals surface area contributed by atoms with Crippen molar-refractivity contribution in [3.05, 3.63) is 65.9 Å². The highest BCUT2D eigenvalue weighted by molar-refractivity contribution is 5.91. The van der Waals surface area contributed by atoms with E-state index >= 15 is 0 Å². The fraction of sp³-hybridized carbons (Fsp3) is 0.273. The van der Waals surface area contributed by atoms with E-state index in [0.29, 0.717) is 23.2 Å². The number of amides is 2. The van der Waals surface area contributed by atoms with E-state index in [1.807, 2.05) is 36.5 Å². The van der Waals surface area contributed by atoms with Gasteiger partial charge in [-0.3, -0.25) is 5.01 Å². The molecule has 4 rings (SSSR count). The minimum absolute atomic E-state index is 0.222. The number of nitrogens with zero attached hydrogens (tertiary/aromatic N) is 4. The normalized spacial score (nSPS) is 13.0. The molecule has 2 amide bonds. The summed E-state index contributed by atoms with van der Waals surface area (Å²) >= 11 is 0. The summed E-state index contributed by atoms with van der Waals surface area (Å²) in [5.74, 6) is 13.3. The van der Waals surface area contributed by atoms with Crippen molar-refractivity contribution in [2.75, 3.05) is 19.2 Å². The zero-order chi connectivity index (χ0) is 22.0. The number of rotatable bonds is 7. The highest BCUT2D eigenvalue weighted by atomic mass is 16.5. The van der Waals surface area contributed by atoms with Crippen LogP contribution in [-0.2, 0) is 6.61 Å². The number of aromatic nitrogens is 2. The number of ether oxygens (including phenoxy) is 2. The van der Waals surface area contributed by atoms with Crippen molar-refractivity contribution in [2.24, 2.45) is 11.7 Å². The number of benzene rings is 2. The van der Waals surface area contributed by atoms with Gasteiger partial charge in [-0.25, -0.2) is 26.2 Å². The Bertz CT molecular complexity index is 1080. The third-order valence-electron chi connectivity index (χ3n) is 5.23. The molecule has 1 heterocycles. The Morgan fingerprint density at radius 3 is 2.65 bits per heavy atom. The molecule has 1 aromatic heterocycles. The van der Waals surface area contributed by atoms with Gasteiger partial charge < -0.3 is 9.47 Å². The molecule has 9 heteroatoms. The van der Waals surface area contributed by atoms with Gasteiger partial charge in [0.2, 0.25) is 5.88 Å². The van der Waals surface area contributed by atoms with Gasteiger partial charge in [-0.2, -0.15) is 0 Å². The van der Waals surface area contributed by atoms with E-state index < -0.39 is 6.03 Å². The van der Waals surface area contributed by atoms with Crippen LogP contribution >= 0.6 is 0 Å². The second-order valence-electron chi connectivity index (χ2n) is 7.44. The predicted octanol–water partition coefficient (Wildman–Crippen LogP) is 2.94. The summed E-state index contributed by atoms with van der Waals surface area (Å²) in [7, 11) is 3.07. The van der Waals surface area contributed by atoms with Crippen molar-refractivity contribution in [2.45, 2.75) is 25.4 Å². The number of carbonyl (C=O) groups excluding carboxylic acids is 1. The lowest BCUT2D eigenvalue weighted by molar-refractivity contribution is 0.216. The van der Waals surface area contributed by atoms with Crippen LogP contribution in [0.1, 0.15) is 29.9 Å². The molecule has 0 atom stereocenters. The fourth-order valence-corrected chi connectivity index (χ4v) is 3.51. The van der Waals surface area contributed by atoms with E-state index in [1.54, 1.807) is 23.9 Å². The third kappa shape index (κ3) is 4.32. The average molecular weight is 422 g/mol. The topological polar surface area (TPSA) is 112 Å². The molecule has 1 aliphatic carbocycles. The molecule has 1 aliphatic rings. The minimum atomic E-state index is -0.519. The molecular formula is C22H26N6O3. The number of hydrazine groups is 2. The zero-order valence-electron chi connectivity index (χ0n) is 17.6. The van der Waals surface area contributed by atoms with Crippen LogP contribution in [0, 0.1) is 0 Å². The first-order chi connectivity index (χ1) is 15.0. The number of hydrogen-bond acceptors (Lipinski definition) is 6. The van der Waals surface area contributed by atoms with Gasteiger partial charge in [-0.1, -0.05) is 24.3 Å². The molecule has 3 aromatic rings. The van der Waals surface area contributed by atoms with Crippen molar-refractivity contribution in [1.82, 2.24) is 14.8 Å². The fourth-order valence-electron chi connectivity index (χ4n) is 3.51. The molecule has 2 aromatic carbocycles. The van der Waals surface area contributed by atoms with Gasteiger partial charge in [0.15, 0.2) is 0 Å².